The first-order valence-corrected chi connectivity index (χ1v) is 6.86. The number of amides is 2. The van der Waals surface area contributed by atoms with Gasteiger partial charge in [-0.1, -0.05) is 0 Å². The highest BCUT2D eigenvalue weighted by Gasteiger charge is 2.40. The van der Waals surface area contributed by atoms with E-state index in [0.29, 0.717) is 26.2 Å². The van der Waals surface area contributed by atoms with Crippen molar-refractivity contribution in [2.75, 3.05) is 26.8 Å². The van der Waals surface area contributed by atoms with Gasteiger partial charge in [0.25, 0.3) is 0 Å². The van der Waals surface area contributed by atoms with Crippen LogP contribution >= 0.6 is 0 Å². The fourth-order valence-electron chi connectivity index (χ4n) is 2.97. The summed E-state index contributed by atoms with van der Waals surface area (Å²) >= 11 is 0. The summed E-state index contributed by atoms with van der Waals surface area (Å²) in [5, 5.41) is 9.10. The highest BCUT2D eigenvalue weighted by atomic mass is 16.5. The molecule has 2 heterocycles. The van der Waals surface area contributed by atoms with Gasteiger partial charge in [0.2, 0.25) is 0 Å². The predicted molar refractivity (Wildman–Crippen MR) is 68.9 cm³/mol. The van der Waals surface area contributed by atoms with Crippen molar-refractivity contribution >= 4 is 12.0 Å². The minimum absolute atomic E-state index is 0.0526. The number of carbonyl (C=O) groups excluding carboxylic acids is 1. The van der Waals surface area contributed by atoms with Crippen molar-refractivity contribution in [2.24, 2.45) is 5.92 Å². The maximum absolute atomic E-state index is 12.4. The molecule has 6 nitrogen and oxygen atoms in total. The Labute approximate surface area is 113 Å². The Balaban J connectivity index is 1.97. The molecular weight excluding hydrogens is 248 g/mol. The first kappa shape index (κ1) is 14.1. The Morgan fingerprint density at radius 1 is 1.26 bits per heavy atom. The number of aliphatic carboxylic acids is 1. The van der Waals surface area contributed by atoms with Crippen LogP contribution < -0.4 is 0 Å². The smallest absolute Gasteiger partial charge is 0.320 e. The summed E-state index contributed by atoms with van der Waals surface area (Å²) < 4.78 is 5.30. The van der Waals surface area contributed by atoms with Crippen LogP contribution in [0.3, 0.4) is 0 Å². The lowest BCUT2D eigenvalue weighted by Gasteiger charge is -2.35. The van der Waals surface area contributed by atoms with E-state index in [1.54, 1.807) is 16.8 Å². The predicted octanol–water partition coefficient (Wildman–Crippen LogP) is 1.01. The first-order chi connectivity index (χ1) is 9.02. The van der Waals surface area contributed by atoms with Gasteiger partial charge in [-0.25, -0.2) is 4.79 Å². The molecule has 0 spiro atoms. The molecule has 2 rings (SSSR count). The summed E-state index contributed by atoms with van der Waals surface area (Å²) in [6.45, 7) is 3.73. The largest absolute Gasteiger partial charge is 0.481 e. The molecule has 6 heteroatoms. The molecule has 1 N–H and O–H groups in total. The number of likely N-dealkylation sites (tertiary alicyclic amines) is 1. The molecule has 108 valence electrons. The molecule has 0 aliphatic carbocycles. The van der Waals surface area contributed by atoms with Gasteiger partial charge in [-0.3, -0.25) is 4.79 Å². The molecule has 19 heavy (non-hydrogen) atoms. The maximum Gasteiger partial charge on any atom is 0.320 e. The van der Waals surface area contributed by atoms with Crippen LogP contribution in [0.5, 0.6) is 0 Å². The van der Waals surface area contributed by atoms with Crippen LogP contribution in [0.15, 0.2) is 0 Å². The van der Waals surface area contributed by atoms with E-state index in [1.807, 2.05) is 6.92 Å². The molecule has 2 atom stereocenters. The number of carbonyl (C=O) groups is 2. The zero-order valence-electron chi connectivity index (χ0n) is 11.5. The van der Waals surface area contributed by atoms with Gasteiger partial charge in [-0.05, 0) is 26.2 Å². The lowest BCUT2D eigenvalue weighted by atomic mass is 10.0. The number of urea groups is 1. The van der Waals surface area contributed by atoms with Gasteiger partial charge in [-0.15, -0.1) is 0 Å². The summed E-state index contributed by atoms with van der Waals surface area (Å²) in [7, 11) is 1.80. The summed E-state index contributed by atoms with van der Waals surface area (Å²) in [6.07, 6.45) is 2.25. The van der Waals surface area contributed by atoms with Crippen molar-refractivity contribution in [1.29, 1.82) is 0 Å². The summed E-state index contributed by atoms with van der Waals surface area (Å²) in [6, 6.07) is -0.0761. The molecule has 2 unspecified atom stereocenters. The SMILES string of the molecule is CC1C(C(=O)O)CCN1C(=O)N(C)C1CCOCC1. The molecule has 0 radical (unpaired) electrons. The molecule has 0 aromatic heterocycles. The Morgan fingerprint density at radius 2 is 1.89 bits per heavy atom. The molecule has 0 bridgehead atoms. The van der Waals surface area contributed by atoms with E-state index >= 15 is 0 Å². The standard InChI is InChI=1S/C13H22N2O4/c1-9-11(12(16)17)3-6-15(9)13(18)14(2)10-4-7-19-8-5-10/h9-11H,3-8H2,1-2H3,(H,16,17). The quantitative estimate of drug-likeness (QED) is 0.813. The molecule has 2 fully saturated rings. The van der Waals surface area contributed by atoms with Gasteiger partial charge in [0.05, 0.1) is 5.92 Å². The number of carboxylic acids is 1. The molecule has 2 amide bonds. The van der Waals surface area contributed by atoms with Crippen LogP contribution in [0, 0.1) is 5.92 Å². The van der Waals surface area contributed by atoms with E-state index in [2.05, 4.69) is 0 Å². The van der Waals surface area contributed by atoms with E-state index < -0.39 is 11.9 Å². The second-order valence-electron chi connectivity index (χ2n) is 5.40. The number of rotatable bonds is 2. The normalized spacial score (nSPS) is 28.4. The van der Waals surface area contributed by atoms with Crippen molar-refractivity contribution in [2.45, 2.75) is 38.3 Å². The third kappa shape index (κ3) is 2.83. The highest BCUT2D eigenvalue weighted by molar-refractivity contribution is 5.78. The molecule has 0 aromatic carbocycles. The van der Waals surface area contributed by atoms with Crippen molar-refractivity contribution in [1.82, 2.24) is 9.80 Å². The number of carboxylic acid groups (broad SMARTS) is 1. The van der Waals surface area contributed by atoms with Gasteiger partial charge < -0.3 is 19.6 Å². The number of nitrogens with zero attached hydrogens (tertiary/aromatic N) is 2. The van der Waals surface area contributed by atoms with Gasteiger partial charge in [0, 0.05) is 38.9 Å². The lowest BCUT2D eigenvalue weighted by Crippen LogP contribution is -2.49. The summed E-state index contributed by atoms with van der Waals surface area (Å²) in [5.74, 6) is -1.25. The van der Waals surface area contributed by atoms with Crippen molar-refractivity contribution in [3.05, 3.63) is 0 Å². The molecule has 0 saturated carbocycles. The first-order valence-electron chi connectivity index (χ1n) is 6.86. The fraction of sp³-hybridized carbons (Fsp3) is 0.846. The monoisotopic (exact) mass is 270 g/mol. The van der Waals surface area contributed by atoms with Crippen LogP contribution in [-0.2, 0) is 9.53 Å². The minimum Gasteiger partial charge on any atom is -0.481 e. The minimum atomic E-state index is -0.809. The average molecular weight is 270 g/mol. The number of hydrogen-bond acceptors (Lipinski definition) is 3. The topological polar surface area (TPSA) is 70.1 Å². The van der Waals surface area contributed by atoms with Crippen LogP contribution in [0.1, 0.15) is 26.2 Å². The van der Waals surface area contributed by atoms with E-state index in [0.717, 1.165) is 12.8 Å². The molecule has 2 aliphatic rings. The summed E-state index contributed by atoms with van der Waals surface area (Å²) in [4.78, 5) is 27.0. The second kappa shape index (κ2) is 5.77. The molecule has 2 saturated heterocycles. The molecular formula is C13H22N2O4. The van der Waals surface area contributed by atoms with Crippen molar-refractivity contribution < 1.29 is 19.4 Å². The van der Waals surface area contributed by atoms with E-state index in [9.17, 15) is 9.59 Å². The number of hydrogen-bond donors (Lipinski definition) is 1. The van der Waals surface area contributed by atoms with Crippen molar-refractivity contribution in [3.8, 4) is 0 Å². The van der Waals surface area contributed by atoms with Crippen molar-refractivity contribution in [3.63, 3.8) is 0 Å². The zero-order chi connectivity index (χ0) is 14.0. The lowest BCUT2D eigenvalue weighted by molar-refractivity contribution is -0.142. The Hall–Kier alpha value is -1.30. The van der Waals surface area contributed by atoms with Gasteiger partial charge >= 0.3 is 12.0 Å². The van der Waals surface area contributed by atoms with E-state index in [-0.39, 0.29) is 18.1 Å². The van der Waals surface area contributed by atoms with Crippen LogP contribution in [0.2, 0.25) is 0 Å². The van der Waals surface area contributed by atoms with Crippen LogP contribution in [0.4, 0.5) is 4.79 Å². The number of ether oxygens (including phenoxy) is 1. The molecule has 2 aliphatic heterocycles. The second-order valence-corrected chi connectivity index (χ2v) is 5.40. The highest BCUT2D eigenvalue weighted by Crippen LogP contribution is 2.26. The molecule has 0 aromatic rings. The van der Waals surface area contributed by atoms with Gasteiger partial charge in [0.15, 0.2) is 0 Å². The Morgan fingerprint density at radius 3 is 2.42 bits per heavy atom. The van der Waals surface area contributed by atoms with Gasteiger partial charge in [0.1, 0.15) is 0 Å². The van der Waals surface area contributed by atoms with Gasteiger partial charge in [-0.2, -0.15) is 0 Å². The maximum atomic E-state index is 12.4. The van der Waals surface area contributed by atoms with E-state index in [4.69, 9.17) is 9.84 Å². The summed E-state index contributed by atoms with van der Waals surface area (Å²) in [5.41, 5.74) is 0. The van der Waals surface area contributed by atoms with Crippen LogP contribution in [0.25, 0.3) is 0 Å². The third-order valence-electron chi connectivity index (χ3n) is 4.36. The Kier molecular flexibility index (Phi) is 4.29. The average Bonchev–Trinajstić information content (AvgIpc) is 2.80. The van der Waals surface area contributed by atoms with E-state index in [1.165, 1.54) is 0 Å². The fourth-order valence-corrected chi connectivity index (χ4v) is 2.97. The third-order valence-corrected chi connectivity index (χ3v) is 4.36. The Bertz CT molecular complexity index is 355. The van der Waals surface area contributed by atoms with Crippen LogP contribution in [-0.4, -0.2) is 65.8 Å². The zero-order valence-corrected chi connectivity index (χ0v) is 11.5.